The van der Waals surface area contributed by atoms with Crippen molar-refractivity contribution >= 4 is 22.9 Å². The Balaban J connectivity index is 1.41. The average Bonchev–Trinajstić information content (AvgIpc) is 3.46. The smallest absolute Gasteiger partial charge is 0.255 e. The zero-order valence-corrected chi connectivity index (χ0v) is 17.8. The lowest BCUT2D eigenvalue weighted by Crippen LogP contribution is -2.18. The van der Waals surface area contributed by atoms with Crippen molar-refractivity contribution in [3.05, 3.63) is 70.2 Å². The second-order valence-electron chi connectivity index (χ2n) is 7.27. The highest BCUT2D eigenvalue weighted by atomic mass is 32.1. The van der Waals surface area contributed by atoms with E-state index in [9.17, 15) is 4.79 Å². The highest BCUT2D eigenvalue weighted by molar-refractivity contribution is 7.07. The van der Waals surface area contributed by atoms with Gasteiger partial charge in [0.1, 0.15) is 6.61 Å². The van der Waals surface area contributed by atoms with Crippen molar-refractivity contribution in [1.29, 1.82) is 0 Å². The van der Waals surface area contributed by atoms with E-state index >= 15 is 0 Å². The number of nitrogens with zero attached hydrogens (tertiary/aromatic N) is 2. The summed E-state index contributed by atoms with van der Waals surface area (Å²) in [4.78, 5) is 19.4. The zero-order chi connectivity index (χ0) is 20.8. The Morgan fingerprint density at radius 2 is 2.03 bits per heavy atom. The van der Waals surface area contributed by atoms with E-state index in [4.69, 9.17) is 9.47 Å². The molecule has 1 amide bonds. The van der Waals surface area contributed by atoms with Gasteiger partial charge < -0.3 is 14.8 Å². The second-order valence-corrected chi connectivity index (χ2v) is 7.99. The summed E-state index contributed by atoms with van der Waals surface area (Å²) >= 11 is 1.52. The third kappa shape index (κ3) is 5.17. The van der Waals surface area contributed by atoms with Crippen LogP contribution in [0.3, 0.4) is 0 Å². The normalized spacial score (nSPS) is 13.9. The first-order valence-electron chi connectivity index (χ1n) is 10.0. The number of benzene rings is 2. The van der Waals surface area contributed by atoms with Crippen LogP contribution in [0, 0.1) is 0 Å². The number of carbonyl (C=O) groups excluding carboxylic acids is 1. The molecule has 0 radical (unpaired) electrons. The van der Waals surface area contributed by atoms with E-state index < -0.39 is 0 Å². The summed E-state index contributed by atoms with van der Waals surface area (Å²) in [7, 11) is 1.56. The molecule has 1 fully saturated rings. The first-order chi connectivity index (χ1) is 14.7. The van der Waals surface area contributed by atoms with Gasteiger partial charge in [0.2, 0.25) is 0 Å². The fraction of sp³-hybridized carbons (Fsp3) is 0.304. The molecule has 0 atom stereocenters. The molecular weight excluding hydrogens is 398 g/mol. The minimum atomic E-state index is -0.183. The van der Waals surface area contributed by atoms with Crippen LogP contribution in [0.1, 0.15) is 34.5 Å². The molecule has 1 N–H and O–H groups in total. The first kappa shape index (κ1) is 20.4. The third-order valence-electron chi connectivity index (χ3n) is 5.07. The Morgan fingerprint density at radius 3 is 2.80 bits per heavy atom. The van der Waals surface area contributed by atoms with Crippen molar-refractivity contribution in [3.63, 3.8) is 0 Å². The van der Waals surface area contributed by atoms with Gasteiger partial charge in [-0.1, -0.05) is 12.1 Å². The summed E-state index contributed by atoms with van der Waals surface area (Å²) in [5.41, 5.74) is 5.14. The number of nitrogens with one attached hydrogen (secondary N) is 1. The maximum absolute atomic E-state index is 12.8. The van der Waals surface area contributed by atoms with Gasteiger partial charge >= 0.3 is 0 Å². The van der Waals surface area contributed by atoms with Crippen LogP contribution in [0.2, 0.25) is 0 Å². The number of carbonyl (C=O) groups is 1. The fourth-order valence-electron chi connectivity index (χ4n) is 3.54. The molecular formula is C23H25N3O3S. The van der Waals surface area contributed by atoms with E-state index in [2.05, 4.69) is 21.3 Å². The molecule has 2 aromatic carbocycles. The molecule has 1 aliphatic rings. The van der Waals surface area contributed by atoms with E-state index in [0.717, 1.165) is 31.0 Å². The standard InChI is InChI=1S/C23H25N3O3S/c1-28-22-12-18(7-8-21(22)29-14-20-15-30-16-24-20)23(27)25-19-6-4-5-17(11-19)13-26-9-2-3-10-26/h4-8,11-12,15-16H,2-3,9-10,13-14H2,1H3,(H,25,27). The Hall–Kier alpha value is -2.90. The minimum Gasteiger partial charge on any atom is -0.493 e. The van der Waals surface area contributed by atoms with Gasteiger partial charge in [0, 0.05) is 23.2 Å². The van der Waals surface area contributed by atoms with E-state index in [1.807, 2.05) is 23.6 Å². The van der Waals surface area contributed by atoms with Gasteiger partial charge in [0.25, 0.3) is 5.91 Å². The Bertz CT molecular complexity index is 985. The lowest BCUT2D eigenvalue weighted by atomic mass is 10.1. The molecule has 1 aliphatic heterocycles. The van der Waals surface area contributed by atoms with Gasteiger partial charge in [-0.3, -0.25) is 9.69 Å². The number of hydrogen-bond acceptors (Lipinski definition) is 6. The maximum atomic E-state index is 12.8. The summed E-state index contributed by atoms with van der Waals surface area (Å²) in [5, 5.41) is 4.92. The molecule has 30 heavy (non-hydrogen) atoms. The van der Waals surface area contributed by atoms with Gasteiger partial charge in [-0.15, -0.1) is 11.3 Å². The zero-order valence-electron chi connectivity index (χ0n) is 17.0. The number of rotatable bonds is 8. The molecule has 0 aliphatic carbocycles. The van der Waals surface area contributed by atoms with Gasteiger partial charge in [-0.05, 0) is 61.8 Å². The molecule has 3 aromatic rings. The van der Waals surface area contributed by atoms with Crippen LogP contribution in [-0.4, -0.2) is 36.0 Å². The van der Waals surface area contributed by atoms with Gasteiger partial charge in [-0.25, -0.2) is 4.98 Å². The first-order valence-corrected chi connectivity index (χ1v) is 11.0. The Morgan fingerprint density at radius 1 is 1.17 bits per heavy atom. The van der Waals surface area contributed by atoms with E-state index in [0.29, 0.717) is 23.7 Å². The SMILES string of the molecule is COc1cc(C(=O)Nc2cccc(CN3CCCC3)c2)ccc1OCc1cscn1. The molecule has 7 heteroatoms. The van der Waals surface area contributed by atoms with Crippen molar-refractivity contribution < 1.29 is 14.3 Å². The second kappa shape index (κ2) is 9.73. The van der Waals surface area contributed by atoms with Crippen LogP contribution < -0.4 is 14.8 Å². The summed E-state index contributed by atoms with van der Waals surface area (Å²) in [6.07, 6.45) is 2.53. The topological polar surface area (TPSA) is 63.7 Å². The van der Waals surface area contributed by atoms with E-state index in [1.54, 1.807) is 30.8 Å². The number of hydrogen-bond donors (Lipinski definition) is 1. The van der Waals surface area contributed by atoms with Crippen LogP contribution in [0.25, 0.3) is 0 Å². The van der Waals surface area contributed by atoms with Crippen LogP contribution in [0.4, 0.5) is 5.69 Å². The molecule has 6 nitrogen and oxygen atoms in total. The predicted molar refractivity (Wildman–Crippen MR) is 118 cm³/mol. The van der Waals surface area contributed by atoms with Crippen molar-refractivity contribution in [2.24, 2.45) is 0 Å². The third-order valence-corrected chi connectivity index (χ3v) is 5.71. The van der Waals surface area contributed by atoms with E-state index in [-0.39, 0.29) is 5.91 Å². The van der Waals surface area contributed by atoms with Crippen LogP contribution >= 0.6 is 11.3 Å². The molecule has 2 heterocycles. The Kier molecular flexibility index (Phi) is 6.61. The Labute approximate surface area is 180 Å². The highest BCUT2D eigenvalue weighted by Crippen LogP contribution is 2.29. The van der Waals surface area contributed by atoms with E-state index in [1.165, 1.54) is 29.7 Å². The van der Waals surface area contributed by atoms with Crippen molar-refractivity contribution in [2.45, 2.75) is 26.0 Å². The summed E-state index contributed by atoms with van der Waals surface area (Å²) in [6, 6.07) is 13.2. The lowest BCUT2D eigenvalue weighted by Gasteiger charge is -2.15. The summed E-state index contributed by atoms with van der Waals surface area (Å²) < 4.78 is 11.2. The van der Waals surface area contributed by atoms with Gasteiger partial charge in [0.15, 0.2) is 11.5 Å². The molecule has 0 saturated carbocycles. The van der Waals surface area contributed by atoms with Crippen molar-refractivity contribution in [1.82, 2.24) is 9.88 Å². The molecule has 4 rings (SSSR count). The molecule has 1 saturated heterocycles. The number of methoxy groups -OCH3 is 1. The number of anilines is 1. The fourth-order valence-corrected chi connectivity index (χ4v) is 4.08. The van der Waals surface area contributed by atoms with Gasteiger partial charge in [0.05, 0.1) is 18.3 Å². The average molecular weight is 424 g/mol. The molecule has 0 unspecified atom stereocenters. The van der Waals surface area contributed by atoms with Crippen LogP contribution in [-0.2, 0) is 13.2 Å². The summed E-state index contributed by atoms with van der Waals surface area (Å²) in [5.74, 6) is 0.910. The number of amides is 1. The van der Waals surface area contributed by atoms with Crippen molar-refractivity contribution in [2.75, 3.05) is 25.5 Å². The lowest BCUT2D eigenvalue weighted by molar-refractivity contribution is 0.102. The number of ether oxygens (including phenoxy) is 2. The number of thiazole rings is 1. The van der Waals surface area contributed by atoms with Crippen molar-refractivity contribution in [3.8, 4) is 11.5 Å². The monoisotopic (exact) mass is 423 g/mol. The van der Waals surface area contributed by atoms with Crippen LogP contribution in [0.15, 0.2) is 53.4 Å². The largest absolute Gasteiger partial charge is 0.493 e. The molecule has 156 valence electrons. The quantitative estimate of drug-likeness (QED) is 0.575. The number of aromatic nitrogens is 1. The van der Waals surface area contributed by atoms with Crippen LogP contribution in [0.5, 0.6) is 11.5 Å². The molecule has 1 aromatic heterocycles. The van der Waals surface area contributed by atoms with Gasteiger partial charge in [-0.2, -0.15) is 0 Å². The molecule has 0 bridgehead atoms. The number of likely N-dealkylation sites (tertiary alicyclic amines) is 1. The minimum absolute atomic E-state index is 0.183. The highest BCUT2D eigenvalue weighted by Gasteiger charge is 2.14. The summed E-state index contributed by atoms with van der Waals surface area (Å²) in [6.45, 7) is 3.57. The molecule has 0 spiro atoms. The maximum Gasteiger partial charge on any atom is 0.255 e. The predicted octanol–water partition coefficient (Wildman–Crippen LogP) is 4.58.